The quantitative estimate of drug-likeness (QED) is 0.617. The van der Waals surface area contributed by atoms with Crippen LogP contribution in [0.2, 0.25) is 0 Å². The molecule has 0 fully saturated rings. The fraction of sp³-hybridized carbons (Fsp3) is 0.462. The molecule has 0 heterocycles. The summed E-state index contributed by atoms with van der Waals surface area (Å²) in [5, 5.41) is 0. The number of halogens is 2. The fourth-order valence-corrected chi connectivity index (χ4v) is 2.00. The van der Waals surface area contributed by atoms with Gasteiger partial charge in [0.1, 0.15) is 5.82 Å². The lowest BCUT2D eigenvalue weighted by Gasteiger charge is -2.04. The van der Waals surface area contributed by atoms with Gasteiger partial charge in [0.2, 0.25) is 0 Å². The van der Waals surface area contributed by atoms with Gasteiger partial charge in [0.15, 0.2) is 5.78 Å². The van der Waals surface area contributed by atoms with Gasteiger partial charge in [0, 0.05) is 6.42 Å². The van der Waals surface area contributed by atoms with E-state index in [4.69, 9.17) is 5.73 Å². The van der Waals surface area contributed by atoms with E-state index in [0.29, 0.717) is 17.4 Å². The third-order valence-electron chi connectivity index (χ3n) is 2.61. The monoisotopic (exact) mass is 301 g/mol. The van der Waals surface area contributed by atoms with Gasteiger partial charge in [-0.1, -0.05) is 18.9 Å². The summed E-state index contributed by atoms with van der Waals surface area (Å²) in [7, 11) is 0. The van der Waals surface area contributed by atoms with Gasteiger partial charge in [-0.05, 0) is 47.4 Å². The molecule has 1 aromatic carbocycles. The van der Waals surface area contributed by atoms with Crippen LogP contribution in [0.1, 0.15) is 42.5 Å². The smallest absolute Gasteiger partial charge is 0.165 e. The number of ketones is 1. The maximum atomic E-state index is 13.6. The minimum Gasteiger partial charge on any atom is -0.330 e. The molecule has 2 nitrogen and oxygen atoms in total. The standard InChI is InChI=1S/C13H17BrFNO/c14-11-7-5-6-10(13(11)15)12(17)8-3-1-2-4-9-16/h5-7H,1-4,8-9,16H2. The first kappa shape index (κ1) is 14.3. The van der Waals surface area contributed by atoms with E-state index in [0.717, 1.165) is 25.7 Å². The molecule has 2 N–H and O–H groups in total. The number of unbranched alkanes of at least 4 members (excludes halogenated alkanes) is 3. The van der Waals surface area contributed by atoms with Gasteiger partial charge in [-0.2, -0.15) is 0 Å². The van der Waals surface area contributed by atoms with E-state index < -0.39 is 5.82 Å². The second-order valence-corrected chi connectivity index (χ2v) is 4.83. The highest BCUT2D eigenvalue weighted by Crippen LogP contribution is 2.20. The van der Waals surface area contributed by atoms with E-state index in [1.165, 1.54) is 6.07 Å². The Kier molecular flexibility index (Phi) is 6.37. The first-order chi connectivity index (χ1) is 8.16. The summed E-state index contributed by atoms with van der Waals surface area (Å²) in [6, 6.07) is 4.80. The van der Waals surface area contributed by atoms with Crippen molar-refractivity contribution >= 4 is 21.7 Å². The Hall–Kier alpha value is -0.740. The van der Waals surface area contributed by atoms with Gasteiger partial charge in [-0.25, -0.2) is 4.39 Å². The summed E-state index contributed by atoms with van der Waals surface area (Å²) >= 11 is 3.08. The van der Waals surface area contributed by atoms with Crippen LogP contribution in [0.25, 0.3) is 0 Å². The van der Waals surface area contributed by atoms with Crippen LogP contribution >= 0.6 is 15.9 Å². The molecule has 0 amide bonds. The number of Topliss-reactive ketones (excluding diaryl/α,β-unsaturated/α-hetero) is 1. The van der Waals surface area contributed by atoms with Crippen molar-refractivity contribution in [3.05, 3.63) is 34.1 Å². The van der Waals surface area contributed by atoms with Crippen molar-refractivity contribution in [3.63, 3.8) is 0 Å². The number of rotatable bonds is 7. The fourth-order valence-electron chi connectivity index (χ4n) is 1.64. The van der Waals surface area contributed by atoms with Crippen molar-refractivity contribution in [2.24, 2.45) is 5.73 Å². The number of nitrogens with two attached hydrogens (primary N) is 1. The normalized spacial score (nSPS) is 10.5. The molecule has 0 radical (unpaired) electrons. The minimum absolute atomic E-state index is 0.128. The molecule has 0 spiro atoms. The maximum absolute atomic E-state index is 13.6. The molecular weight excluding hydrogens is 285 g/mol. The summed E-state index contributed by atoms with van der Waals surface area (Å²) in [5.74, 6) is -0.587. The molecular formula is C13H17BrFNO. The molecule has 0 aliphatic rings. The van der Waals surface area contributed by atoms with E-state index in [-0.39, 0.29) is 11.3 Å². The van der Waals surface area contributed by atoms with Crippen molar-refractivity contribution in [1.29, 1.82) is 0 Å². The van der Waals surface area contributed by atoms with Gasteiger partial charge in [0.05, 0.1) is 10.0 Å². The van der Waals surface area contributed by atoms with Crippen molar-refractivity contribution in [3.8, 4) is 0 Å². The average molecular weight is 302 g/mol. The third kappa shape index (κ3) is 4.56. The summed E-state index contributed by atoms with van der Waals surface area (Å²) in [5.41, 5.74) is 5.56. The summed E-state index contributed by atoms with van der Waals surface area (Å²) < 4.78 is 13.9. The molecule has 0 saturated heterocycles. The van der Waals surface area contributed by atoms with Crippen molar-refractivity contribution in [2.75, 3.05) is 6.54 Å². The van der Waals surface area contributed by atoms with E-state index in [1.807, 2.05) is 0 Å². The number of hydrogen-bond acceptors (Lipinski definition) is 2. The summed E-state index contributed by atoms with van der Waals surface area (Å²) in [6.07, 6.45) is 4.19. The number of benzene rings is 1. The first-order valence-electron chi connectivity index (χ1n) is 5.84. The molecule has 1 rings (SSSR count). The zero-order chi connectivity index (χ0) is 12.7. The molecule has 0 aromatic heterocycles. The number of hydrogen-bond donors (Lipinski definition) is 1. The maximum Gasteiger partial charge on any atom is 0.165 e. The van der Waals surface area contributed by atoms with Gasteiger partial charge in [0.25, 0.3) is 0 Å². The van der Waals surface area contributed by atoms with E-state index >= 15 is 0 Å². The lowest BCUT2D eigenvalue weighted by Crippen LogP contribution is -2.03. The minimum atomic E-state index is -0.459. The molecule has 0 bridgehead atoms. The summed E-state index contributed by atoms with van der Waals surface area (Å²) in [6.45, 7) is 0.689. The van der Waals surface area contributed by atoms with Crippen molar-refractivity contribution in [2.45, 2.75) is 32.1 Å². The first-order valence-corrected chi connectivity index (χ1v) is 6.63. The molecule has 0 aliphatic carbocycles. The lowest BCUT2D eigenvalue weighted by molar-refractivity contribution is 0.0975. The van der Waals surface area contributed by atoms with Crippen molar-refractivity contribution in [1.82, 2.24) is 0 Å². The van der Waals surface area contributed by atoms with Crippen LogP contribution in [0.5, 0.6) is 0 Å². The van der Waals surface area contributed by atoms with Gasteiger partial charge < -0.3 is 5.73 Å². The van der Waals surface area contributed by atoms with Crippen LogP contribution in [0.4, 0.5) is 4.39 Å². The molecule has 0 aliphatic heterocycles. The molecule has 0 atom stereocenters. The van der Waals surface area contributed by atoms with Crippen LogP contribution in [0.15, 0.2) is 22.7 Å². The van der Waals surface area contributed by atoms with Crippen LogP contribution in [0.3, 0.4) is 0 Å². The van der Waals surface area contributed by atoms with Crippen LogP contribution in [-0.4, -0.2) is 12.3 Å². The number of carbonyl (C=O) groups excluding carboxylic acids is 1. The molecule has 1 aromatic rings. The Morgan fingerprint density at radius 1 is 1.24 bits per heavy atom. The van der Waals surface area contributed by atoms with Crippen LogP contribution in [0, 0.1) is 5.82 Å². The Labute approximate surface area is 110 Å². The predicted molar refractivity (Wildman–Crippen MR) is 70.6 cm³/mol. The highest BCUT2D eigenvalue weighted by Gasteiger charge is 2.12. The van der Waals surface area contributed by atoms with Crippen molar-refractivity contribution < 1.29 is 9.18 Å². The highest BCUT2D eigenvalue weighted by atomic mass is 79.9. The molecule has 0 saturated carbocycles. The molecule has 94 valence electrons. The zero-order valence-corrected chi connectivity index (χ0v) is 11.3. The summed E-state index contributed by atoms with van der Waals surface area (Å²) in [4.78, 5) is 11.8. The number of carbonyl (C=O) groups is 1. The molecule has 17 heavy (non-hydrogen) atoms. The van der Waals surface area contributed by atoms with E-state index in [9.17, 15) is 9.18 Å². The third-order valence-corrected chi connectivity index (χ3v) is 3.22. The van der Waals surface area contributed by atoms with Gasteiger partial charge in [-0.3, -0.25) is 4.79 Å². The van der Waals surface area contributed by atoms with Crippen LogP contribution < -0.4 is 5.73 Å². The largest absolute Gasteiger partial charge is 0.330 e. The Balaban J connectivity index is 2.44. The second kappa shape index (κ2) is 7.56. The van der Waals surface area contributed by atoms with Crippen LogP contribution in [-0.2, 0) is 0 Å². The zero-order valence-electron chi connectivity index (χ0n) is 9.72. The Morgan fingerprint density at radius 2 is 1.94 bits per heavy atom. The van der Waals surface area contributed by atoms with Gasteiger partial charge >= 0.3 is 0 Å². The highest BCUT2D eigenvalue weighted by molar-refractivity contribution is 9.10. The Bertz CT molecular complexity index is 382. The average Bonchev–Trinajstić information content (AvgIpc) is 2.32. The second-order valence-electron chi connectivity index (χ2n) is 3.98. The van der Waals surface area contributed by atoms with Gasteiger partial charge in [-0.15, -0.1) is 0 Å². The Morgan fingerprint density at radius 3 is 2.65 bits per heavy atom. The molecule has 0 unspecified atom stereocenters. The SMILES string of the molecule is NCCCCCCC(=O)c1cccc(Br)c1F. The van der Waals surface area contributed by atoms with E-state index in [2.05, 4.69) is 15.9 Å². The topological polar surface area (TPSA) is 43.1 Å². The lowest BCUT2D eigenvalue weighted by atomic mass is 10.0. The van der Waals surface area contributed by atoms with E-state index in [1.54, 1.807) is 12.1 Å². The predicted octanol–water partition coefficient (Wildman–Crippen LogP) is 3.68. The molecule has 4 heteroatoms.